The Morgan fingerprint density at radius 3 is 2.86 bits per heavy atom. The summed E-state index contributed by atoms with van der Waals surface area (Å²) in [6.07, 6.45) is 4.58. The third-order valence-electron chi connectivity index (χ3n) is 4.30. The lowest BCUT2D eigenvalue weighted by atomic mass is 9.94. The van der Waals surface area contributed by atoms with Crippen LogP contribution in [-0.2, 0) is 12.8 Å². The van der Waals surface area contributed by atoms with Gasteiger partial charge in [-0.25, -0.2) is 4.98 Å². The van der Waals surface area contributed by atoms with Gasteiger partial charge in [-0.05, 0) is 51.2 Å². The minimum absolute atomic E-state index is 0.141. The second-order valence-corrected chi connectivity index (χ2v) is 8.42. The van der Waals surface area contributed by atoms with Crippen molar-refractivity contribution in [2.45, 2.75) is 44.3 Å². The Morgan fingerprint density at radius 2 is 2.14 bits per heavy atom. The number of hydrogen-bond acceptors (Lipinski definition) is 4. The number of rotatable bonds is 2. The number of nitrogens with one attached hydrogen (secondary N) is 1. The number of hydrogen-bond donors (Lipinski definition) is 2. The average molecular weight is 304 g/mol. The van der Waals surface area contributed by atoms with Crippen molar-refractivity contribution in [3.8, 4) is 0 Å². The SMILES string of the molecule is CC1(C)CN(c2nc3c(cc2C(=N)N)CCCC3)CCS1. The molecule has 3 N–H and O–H groups in total. The summed E-state index contributed by atoms with van der Waals surface area (Å²) in [4.78, 5) is 7.24. The number of thioether (sulfide) groups is 1. The molecule has 1 fully saturated rings. The zero-order valence-corrected chi connectivity index (χ0v) is 13.7. The summed E-state index contributed by atoms with van der Waals surface area (Å²) in [7, 11) is 0. The summed E-state index contributed by atoms with van der Waals surface area (Å²) >= 11 is 2.01. The molecule has 0 aromatic carbocycles. The number of aryl methyl sites for hydroxylation is 2. The van der Waals surface area contributed by atoms with E-state index in [0.29, 0.717) is 0 Å². The zero-order chi connectivity index (χ0) is 15.0. The van der Waals surface area contributed by atoms with Crippen LogP contribution in [0.1, 0.15) is 43.5 Å². The van der Waals surface area contributed by atoms with E-state index in [9.17, 15) is 0 Å². The van der Waals surface area contributed by atoms with Gasteiger partial charge in [-0.1, -0.05) is 0 Å². The molecule has 3 rings (SSSR count). The van der Waals surface area contributed by atoms with Crippen molar-refractivity contribution in [2.24, 2.45) is 5.73 Å². The zero-order valence-electron chi connectivity index (χ0n) is 12.9. The average Bonchev–Trinajstić information content (AvgIpc) is 2.44. The van der Waals surface area contributed by atoms with E-state index in [1.54, 1.807) is 0 Å². The lowest BCUT2D eigenvalue weighted by Gasteiger charge is -2.39. The largest absolute Gasteiger partial charge is 0.384 e. The molecule has 2 heterocycles. The molecule has 1 saturated heterocycles. The molecule has 1 aromatic heterocycles. The van der Waals surface area contributed by atoms with Gasteiger partial charge in [0.1, 0.15) is 11.7 Å². The van der Waals surface area contributed by atoms with Crippen LogP contribution in [0.4, 0.5) is 5.82 Å². The van der Waals surface area contributed by atoms with Gasteiger partial charge in [0.15, 0.2) is 0 Å². The Hall–Kier alpha value is -1.23. The van der Waals surface area contributed by atoms with E-state index in [1.807, 2.05) is 11.8 Å². The van der Waals surface area contributed by atoms with Crippen LogP contribution in [0.5, 0.6) is 0 Å². The lowest BCUT2D eigenvalue weighted by Crippen LogP contribution is -2.44. The van der Waals surface area contributed by atoms with Gasteiger partial charge in [0.25, 0.3) is 0 Å². The van der Waals surface area contributed by atoms with Crippen LogP contribution < -0.4 is 10.6 Å². The van der Waals surface area contributed by atoms with Crippen LogP contribution in [0.15, 0.2) is 6.07 Å². The molecule has 0 radical (unpaired) electrons. The number of nitrogens with two attached hydrogens (primary N) is 1. The first kappa shape index (κ1) is 14.7. The Kier molecular flexibility index (Phi) is 3.86. The molecule has 114 valence electrons. The number of nitrogen functional groups attached to an aromatic ring is 1. The number of fused-ring (bicyclic) bond motifs is 1. The number of anilines is 1. The topological polar surface area (TPSA) is 66.0 Å². The minimum atomic E-state index is 0.141. The number of nitrogens with zero attached hydrogens (tertiary/aromatic N) is 2. The fourth-order valence-electron chi connectivity index (χ4n) is 3.26. The molecule has 4 nitrogen and oxygen atoms in total. The van der Waals surface area contributed by atoms with E-state index in [1.165, 1.54) is 24.1 Å². The molecular formula is C16H24N4S. The maximum absolute atomic E-state index is 7.92. The molecule has 0 atom stereocenters. The maximum atomic E-state index is 7.92. The third kappa shape index (κ3) is 3.03. The van der Waals surface area contributed by atoms with Gasteiger partial charge in [0.05, 0.1) is 5.56 Å². The first-order valence-electron chi connectivity index (χ1n) is 7.72. The second kappa shape index (κ2) is 5.52. The van der Waals surface area contributed by atoms with Gasteiger partial charge >= 0.3 is 0 Å². The van der Waals surface area contributed by atoms with Crippen LogP contribution in [0.2, 0.25) is 0 Å². The monoisotopic (exact) mass is 304 g/mol. The molecular weight excluding hydrogens is 280 g/mol. The quantitative estimate of drug-likeness (QED) is 0.651. The number of pyridine rings is 1. The van der Waals surface area contributed by atoms with Gasteiger partial charge in [-0.15, -0.1) is 0 Å². The molecule has 1 aromatic rings. The predicted octanol–water partition coefficient (Wildman–Crippen LogP) is 2.58. The second-order valence-electron chi connectivity index (χ2n) is 6.62. The molecule has 0 spiro atoms. The Labute approximate surface area is 131 Å². The van der Waals surface area contributed by atoms with Crippen LogP contribution in [-0.4, -0.2) is 34.4 Å². The molecule has 21 heavy (non-hydrogen) atoms. The predicted molar refractivity (Wildman–Crippen MR) is 90.6 cm³/mol. The Bertz CT molecular complexity index is 568. The number of amidine groups is 1. The fraction of sp³-hybridized carbons (Fsp3) is 0.625. The van der Waals surface area contributed by atoms with E-state index in [0.717, 1.165) is 43.1 Å². The smallest absolute Gasteiger partial charge is 0.139 e. The van der Waals surface area contributed by atoms with Gasteiger partial charge in [0.2, 0.25) is 0 Å². The summed E-state index contributed by atoms with van der Waals surface area (Å²) in [6, 6.07) is 2.12. The molecule has 1 aliphatic carbocycles. The summed E-state index contributed by atoms with van der Waals surface area (Å²) in [6.45, 7) is 6.50. The highest BCUT2D eigenvalue weighted by molar-refractivity contribution is 8.00. The highest BCUT2D eigenvalue weighted by Gasteiger charge is 2.30. The summed E-state index contributed by atoms with van der Waals surface area (Å²) < 4.78 is 0.226. The normalized spacial score (nSPS) is 21.0. The van der Waals surface area contributed by atoms with Crippen molar-refractivity contribution in [3.63, 3.8) is 0 Å². The first-order valence-corrected chi connectivity index (χ1v) is 8.71. The Morgan fingerprint density at radius 1 is 1.38 bits per heavy atom. The van der Waals surface area contributed by atoms with Crippen molar-refractivity contribution >= 4 is 23.4 Å². The van der Waals surface area contributed by atoms with Crippen molar-refractivity contribution in [1.82, 2.24) is 4.98 Å². The molecule has 0 bridgehead atoms. The van der Waals surface area contributed by atoms with Gasteiger partial charge < -0.3 is 10.6 Å². The van der Waals surface area contributed by atoms with Crippen LogP contribution in [0, 0.1) is 5.41 Å². The van der Waals surface area contributed by atoms with Gasteiger partial charge in [-0.3, -0.25) is 5.41 Å². The molecule has 0 saturated carbocycles. The minimum Gasteiger partial charge on any atom is -0.384 e. The standard InChI is InChI=1S/C16H24N4S/c1-16(2)10-20(7-8-21-16)15-12(14(17)18)9-11-5-3-4-6-13(11)19-15/h9H,3-8,10H2,1-2H3,(H3,17,18). The van der Waals surface area contributed by atoms with Crippen molar-refractivity contribution in [2.75, 3.05) is 23.7 Å². The lowest BCUT2D eigenvalue weighted by molar-refractivity contribution is 0.631. The van der Waals surface area contributed by atoms with Crippen LogP contribution in [0.25, 0.3) is 0 Å². The van der Waals surface area contributed by atoms with Crippen LogP contribution in [0.3, 0.4) is 0 Å². The van der Waals surface area contributed by atoms with E-state index in [-0.39, 0.29) is 10.6 Å². The van der Waals surface area contributed by atoms with E-state index >= 15 is 0 Å². The highest BCUT2D eigenvalue weighted by atomic mass is 32.2. The first-order chi connectivity index (χ1) is 9.96. The van der Waals surface area contributed by atoms with Crippen molar-refractivity contribution in [1.29, 1.82) is 5.41 Å². The van der Waals surface area contributed by atoms with E-state index < -0.39 is 0 Å². The van der Waals surface area contributed by atoms with Crippen molar-refractivity contribution < 1.29 is 0 Å². The third-order valence-corrected chi connectivity index (χ3v) is 5.59. The molecule has 0 unspecified atom stereocenters. The fourth-order valence-corrected chi connectivity index (χ4v) is 4.37. The molecule has 5 heteroatoms. The van der Waals surface area contributed by atoms with Gasteiger partial charge in [-0.2, -0.15) is 11.8 Å². The summed E-state index contributed by atoms with van der Waals surface area (Å²) in [5.74, 6) is 2.17. The molecule has 2 aliphatic rings. The number of aromatic nitrogens is 1. The summed E-state index contributed by atoms with van der Waals surface area (Å²) in [5.41, 5.74) is 9.16. The van der Waals surface area contributed by atoms with E-state index in [4.69, 9.17) is 16.1 Å². The van der Waals surface area contributed by atoms with Crippen LogP contribution >= 0.6 is 11.8 Å². The summed E-state index contributed by atoms with van der Waals surface area (Å²) in [5, 5.41) is 7.92. The van der Waals surface area contributed by atoms with E-state index in [2.05, 4.69) is 24.8 Å². The Balaban J connectivity index is 2.01. The highest BCUT2D eigenvalue weighted by Crippen LogP contribution is 2.34. The van der Waals surface area contributed by atoms with Gasteiger partial charge in [0, 0.05) is 29.3 Å². The molecule has 0 amide bonds. The van der Waals surface area contributed by atoms with Crippen molar-refractivity contribution in [3.05, 3.63) is 22.9 Å². The molecule has 1 aliphatic heterocycles. The maximum Gasteiger partial charge on any atom is 0.139 e.